The zero-order chi connectivity index (χ0) is 16.4. The summed E-state index contributed by atoms with van der Waals surface area (Å²) in [4.78, 5) is 0. The second-order valence-corrected chi connectivity index (χ2v) is 4.82. The molecule has 0 saturated carbocycles. The Morgan fingerprint density at radius 3 is 2.05 bits per heavy atom. The van der Waals surface area contributed by atoms with Gasteiger partial charge in [-0.1, -0.05) is 72.8 Å². The van der Waals surface area contributed by atoms with Crippen LogP contribution in [0.4, 0.5) is 0 Å². The van der Waals surface area contributed by atoms with Crippen LogP contribution in [-0.4, -0.2) is 7.05 Å². The van der Waals surface area contributed by atoms with Crippen LogP contribution in [-0.2, 0) is 0 Å². The third-order valence-corrected chi connectivity index (χ3v) is 3.21. The molecule has 0 aromatic heterocycles. The fraction of sp³-hybridized carbons (Fsp3) is 0.150. The van der Waals surface area contributed by atoms with Crippen molar-refractivity contribution in [1.29, 1.82) is 5.26 Å². The summed E-state index contributed by atoms with van der Waals surface area (Å²) in [6, 6.07) is 20.3. The molecule has 0 heterocycles. The SMILES string of the molecule is C=C/C(=C(/C#N)NC)c1ccccc1C.Cc1ccccc1. The molecule has 0 spiro atoms. The molecule has 0 aliphatic rings. The van der Waals surface area contributed by atoms with Crippen LogP contribution in [0.1, 0.15) is 16.7 Å². The van der Waals surface area contributed by atoms with Crippen molar-refractivity contribution in [3.8, 4) is 6.07 Å². The number of nitrogens with one attached hydrogen (secondary N) is 1. The van der Waals surface area contributed by atoms with E-state index in [1.165, 1.54) is 5.56 Å². The Hall–Kier alpha value is -2.79. The van der Waals surface area contributed by atoms with Gasteiger partial charge in [0, 0.05) is 12.6 Å². The summed E-state index contributed by atoms with van der Waals surface area (Å²) in [5.74, 6) is 0. The van der Waals surface area contributed by atoms with Gasteiger partial charge < -0.3 is 5.32 Å². The van der Waals surface area contributed by atoms with E-state index in [1.807, 2.05) is 49.4 Å². The van der Waals surface area contributed by atoms with E-state index in [4.69, 9.17) is 5.26 Å². The molecule has 0 saturated heterocycles. The normalized spacial score (nSPS) is 10.5. The summed E-state index contributed by atoms with van der Waals surface area (Å²) in [7, 11) is 1.74. The van der Waals surface area contributed by atoms with Gasteiger partial charge in [0.1, 0.15) is 11.8 Å². The Kier molecular flexibility index (Phi) is 7.22. The van der Waals surface area contributed by atoms with Crippen molar-refractivity contribution in [3.63, 3.8) is 0 Å². The quantitative estimate of drug-likeness (QED) is 0.661. The predicted octanol–water partition coefficient (Wildman–Crippen LogP) is 4.63. The third kappa shape index (κ3) is 4.96. The van der Waals surface area contributed by atoms with Gasteiger partial charge in [-0.25, -0.2) is 0 Å². The molecule has 0 radical (unpaired) electrons. The van der Waals surface area contributed by atoms with Crippen LogP contribution in [0.15, 0.2) is 72.9 Å². The van der Waals surface area contributed by atoms with Crippen molar-refractivity contribution in [1.82, 2.24) is 5.32 Å². The van der Waals surface area contributed by atoms with Crippen molar-refractivity contribution in [2.75, 3.05) is 7.05 Å². The van der Waals surface area contributed by atoms with Crippen molar-refractivity contribution >= 4 is 5.57 Å². The molecular weight excluding hydrogens is 268 g/mol. The molecule has 0 unspecified atom stereocenters. The first-order chi connectivity index (χ1) is 10.6. The number of hydrogen-bond donors (Lipinski definition) is 1. The maximum absolute atomic E-state index is 8.96. The minimum atomic E-state index is 0.541. The Labute approximate surface area is 133 Å². The maximum atomic E-state index is 8.96. The zero-order valence-corrected chi connectivity index (χ0v) is 13.4. The number of rotatable bonds is 3. The largest absolute Gasteiger partial charge is 0.379 e. The number of aryl methyl sites for hydroxylation is 2. The van der Waals surface area contributed by atoms with Crippen LogP contribution in [0.2, 0.25) is 0 Å². The summed E-state index contributed by atoms with van der Waals surface area (Å²) in [6.07, 6.45) is 1.71. The highest BCUT2D eigenvalue weighted by Crippen LogP contribution is 2.21. The molecule has 2 heteroatoms. The van der Waals surface area contributed by atoms with Gasteiger partial charge in [0.2, 0.25) is 0 Å². The fourth-order valence-corrected chi connectivity index (χ4v) is 2.01. The topological polar surface area (TPSA) is 35.8 Å². The van der Waals surface area contributed by atoms with Gasteiger partial charge in [-0.2, -0.15) is 5.26 Å². The molecule has 0 aliphatic heterocycles. The van der Waals surface area contributed by atoms with Gasteiger partial charge in [0.05, 0.1) is 0 Å². The average Bonchev–Trinajstić information content (AvgIpc) is 2.55. The van der Waals surface area contributed by atoms with Crippen molar-refractivity contribution in [3.05, 3.63) is 89.6 Å². The Morgan fingerprint density at radius 1 is 1.05 bits per heavy atom. The molecule has 0 fully saturated rings. The maximum Gasteiger partial charge on any atom is 0.121 e. The molecule has 2 nitrogen and oxygen atoms in total. The van der Waals surface area contributed by atoms with Crippen molar-refractivity contribution < 1.29 is 0 Å². The molecule has 2 aromatic rings. The minimum absolute atomic E-state index is 0.541. The average molecular weight is 290 g/mol. The Morgan fingerprint density at radius 2 is 1.64 bits per heavy atom. The summed E-state index contributed by atoms with van der Waals surface area (Å²) >= 11 is 0. The van der Waals surface area contributed by atoms with Gasteiger partial charge in [-0.15, -0.1) is 0 Å². The molecule has 0 atom stereocenters. The Bertz CT molecular complexity index is 676. The lowest BCUT2D eigenvalue weighted by atomic mass is 9.99. The second kappa shape index (κ2) is 9.20. The number of allylic oxidation sites excluding steroid dienone is 3. The first kappa shape index (κ1) is 17.3. The van der Waals surface area contributed by atoms with Crippen LogP contribution in [0, 0.1) is 25.2 Å². The van der Waals surface area contributed by atoms with Gasteiger partial charge in [-0.3, -0.25) is 0 Å². The van der Waals surface area contributed by atoms with Gasteiger partial charge >= 0.3 is 0 Å². The standard InChI is InChI=1S/C13H14N2.C7H8/c1-4-11(13(9-14)15-3)12-8-6-5-7-10(12)2;1-7-5-3-2-4-6-7/h4-8,15H,1H2,2-3H3;2-6H,1H3/b13-11+;. The third-order valence-electron chi connectivity index (χ3n) is 3.21. The molecule has 2 rings (SSSR count). The molecule has 2 aromatic carbocycles. The highest BCUT2D eigenvalue weighted by molar-refractivity contribution is 5.79. The fourth-order valence-electron chi connectivity index (χ4n) is 2.01. The summed E-state index contributed by atoms with van der Waals surface area (Å²) in [5, 5.41) is 11.8. The zero-order valence-electron chi connectivity index (χ0n) is 13.4. The smallest absolute Gasteiger partial charge is 0.121 e. The lowest BCUT2D eigenvalue weighted by molar-refractivity contribution is 1.04. The molecule has 0 amide bonds. The van der Waals surface area contributed by atoms with Gasteiger partial charge in [0.25, 0.3) is 0 Å². The lowest BCUT2D eigenvalue weighted by Crippen LogP contribution is -2.06. The van der Waals surface area contributed by atoms with Crippen LogP contribution in [0.25, 0.3) is 5.57 Å². The van der Waals surface area contributed by atoms with E-state index >= 15 is 0 Å². The molecule has 22 heavy (non-hydrogen) atoms. The predicted molar refractivity (Wildman–Crippen MR) is 94.1 cm³/mol. The number of nitriles is 1. The van der Waals surface area contributed by atoms with E-state index in [-0.39, 0.29) is 0 Å². The van der Waals surface area contributed by atoms with Crippen molar-refractivity contribution in [2.24, 2.45) is 0 Å². The van der Waals surface area contributed by atoms with E-state index in [0.29, 0.717) is 5.70 Å². The van der Waals surface area contributed by atoms with Crippen LogP contribution in [0.3, 0.4) is 0 Å². The minimum Gasteiger partial charge on any atom is -0.379 e. The summed E-state index contributed by atoms with van der Waals surface area (Å²) < 4.78 is 0. The molecule has 0 bridgehead atoms. The molecule has 1 N–H and O–H groups in total. The number of benzene rings is 2. The summed E-state index contributed by atoms with van der Waals surface area (Å²) in [6.45, 7) is 7.85. The van der Waals surface area contributed by atoms with E-state index in [9.17, 15) is 0 Å². The first-order valence-corrected chi connectivity index (χ1v) is 7.16. The number of hydrogen-bond acceptors (Lipinski definition) is 2. The van der Waals surface area contributed by atoms with Crippen molar-refractivity contribution in [2.45, 2.75) is 13.8 Å². The molecular formula is C20H22N2. The Balaban J connectivity index is 0.000000287. The van der Waals surface area contributed by atoms with E-state index < -0.39 is 0 Å². The molecule has 112 valence electrons. The van der Waals surface area contributed by atoms with E-state index in [2.05, 4.69) is 37.0 Å². The first-order valence-electron chi connectivity index (χ1n) is 7.16. The number of nitrogens with zero attached hydrogens (tertiary/aromatic N) is 1. The monoisotopic (exact) mass is 290 g/mol. The summed E-state index contributed by atoms with van der Waals surface area (Å²) in [5.41, 5.74) is 4.88. The van der Waals surface area contributed by atoms with E-state index in [1.54, 1.807) is 13.1 Å². The van der Waals surface area contributed by atoms with Crippen LogP contribution < -0.4 is 5.32 Å². The van der Waals surface area contributed by atoms with Gasteiger partial charge in [-0.05, 0) is 25.0 Å². The highest BCUT2D eigenvalue weighted by atomic mass is 14.8. The van der Waals surface area contributed by atoms with Crippen LogP contribution >= 0.6 is 0 Å². The van der Waals surface area contributed by atoms with Crippen LogP contribution in [0.5, 0.6) is 0 Å². The van der Waals surface area contributed by atoms with E-state index in [0.717, 1.165) is 16.7 Å². The second-order valence-electron chi connectivity index (χ2n) is 4.82. The molecule has 0 aliphatic carbocycles. The highest BCUT2D eigenvalue weighted by Gasteiger charge is 2.06. The van der Waals surface area contributed by atoms with Gasteiger partial charge in [0.15, 0.2) is 0 Å². The lowest BCUT2D eigenvalue weighted by Gasteiger charge is -2.08.